The Morgan fingerprint density at radius 1 is 1.38 bits per heavy atom. The van der Waals surface area contributed by atoms with Gasteiger partial charge in [-0.25, -0.2) is 14.6 Å². The zero-order chi connectivity index (χ0) is 14.7. The molecule has 0 bridgehead atoms. The second kappa shape index (κ2) is 5.58. The fraction of sp³-hybridized carbons (Fsp3) is 0.143. The maximum absolute atomic E-state index is 11.9. The second-order valence-corrected chi connectivity index (χ2v) is 4.44. The number of rotatable bonds is 4. The molecule has 3 heterocycles. The number of aryl methyl sites for hydroxylation is 1. The van der Waals surface area contributed by atoms with E-state index in [9.17, 15) is 4.79 Å². The summed E-state index contributed by atoms with van der Waals surface area (Å²) in [6, 6.07) is 5.35. The van der Waals surface area contributed by atoms with Gasteiger partial charge in [0.1, 0.15) is 18.4 Å². The molecule has 0 aromatic carbocycles. The smallest absolute Gasteiger partial charge is 0.255 e. The molecule has 1 amide bonds. The number of carbonyl (C=O) groups is 1. The number of nitrogens with one attached hydrogen (secondary N) is 1. The summed E-state index contributed by atoms with van der Waals surface area (Å²) in [6.45, 7) is 2.15. The number of furan rings is 1. The van der Waals surface area contributed by atoms with Crippen LogP contribution in [-0.4, -0.2) is 25.7 Å². The molecule has 21 heavy (non-hydrogen) atoms. The van der Waals surface area contributed by atoms with E-state index in [1.807, 2.05) is 12.1 Å². The quantitative estimate of drug-likeness (QED) is 0.784. The van der Waals surface area contributed by atoms with Crippen molar-refractivity contribution in [2.75, 3.05) is 0 Å². The van der Waals surface area contributed by atoms with Gasteiger partial charge in [-0.1, -0.05) is 6.07 Å². The average molecular weight is 283 g/mol. The lowest BCUT2D eigenvalue weighted by Gasteiger charge is -2.05. The van der Waals surface area contributed by atoms with E-state index in [1.54, 1.807) is 30.2 Å². The number of pyridine rings is 1. The lowest BCUT2D eigenvalue weighted by atomic mass is 10.2. The monoisotopic (exact) mass is 283 g/mol. The molecule has 0 aliphatic rings. The molecule has 3 rings (SSSR count). The first-order valence-corrected chi connectivity index (χ1v) is 6.36. The first-order chi connectivity index (χ1) is 10.2. The molecule has 3 aromatic rings. The summed E-state index contributed by atoms with van der Waals surface area (Å²) in [5.41, 5.74) is 1.44. The fourth-order valence-electron chi connectivity index (χ4n) is 1.88. The van der Waals surface area contributed by atoms with E-state index in [0.29, 0.717) is 23.7 Å². The molecule has 0 radical (unpaired) electrons. The molecular formula is C14H13N5O2. The molecule has 0 saturated carbocycles. The molecule has 7 nitrogen and oxygen atoms in total. The van der Waals surface area contributed by atoms with Gasteiger partial charge in [0.25, 0.3) is 5.91 Å². The lowest BCUT2D eigenvalue weighted by Crippen LogP contribution is -2.23. The van der Waals surface area contributed by atoms with Gasteiger partial charge in [-0.15, -0.1) is 0 Å². The van der Waals surface area contributed by atoms with Crippen molar-refractivity contribution in [3.63, 3.8) is 0 Å². The zero-order valence-electron chi connectivity index (χ0n) is 11.4. The molecule has 106 valence electrons. The SMILES string of the molecule is Cc1occc1C(=O)NCc1ccc(-n2cncn2)nc1. The van der Waals surface area contributed by atoms with E-state index in [2.05, 4.69) is 20.4 Å². The zero-order valence-corrected chi connectivity index (χ0v) is 11.4. The van der Waals surface area contributed by atoms with E-state index in [4.69, 9.17) is 4.42 Å². The Hall–Kier alpha value is -2.96. The molecular weight excluding hydrogens is 270 g/mol. The van der Waals surface area contributed by atoms with Gasteiger partial charge in [0.05, 0.1) is 11.8 Å². The number of carbonyl (C=O) groups excluding carboxylic acids is 1. The lowest BCUT2D eigenvalue weighted by molar-refractivity contribution is 0.0949. The van der Waals surface area contributed by atoms with Crippen LogP contribution in [0.2, 0.25) is 0 Å². The topological polar surface area (TPSA) is 85.8 Å². The molecule has 7 heteroatoms. The van der Waals surface area contributed by atoms with Crippen molar-refractivity contribution in [2.45, 2.75) is 13.5 Å². The largest absolute Gasteiger partial charge is 0.469 e. The van der Waals surface area contributed by atoms with Crippen molar-refractivity contribution < 1.29 is 9.21 Å². The maximum Gasteiger partial charge on any atom is 0.255 e. The summed E-state index contributed by atoms with van der Waals surface area (Å²) in [5, 5.41) is 6.82. The summed E-state index contributed by atoms with van der Waals surface area (Å²) in [7, 11) is 0. The molecule has 0 aliphatic heterocycles. The molecule has 0 spiro atoms. The standard InChI is InChI=1S/C14H13N5O2/c1-10-12(4-5-21-10)14(20)17-7-11-2-3-13(16-6-11)19-9-15-8-18-19/h2-6,8-9H,7H2,1H3,(H,17,20). The number of hydrogen-bond donors (Lipinski definition) is 1. The first-order valence-electron chi connectivity index (χ1n) is 6.36. The highest BCUT2D eigenvalue weighted by Gasteiger charge is 2.10. The minimum atomic E-state index is -0.165. The summed E-state index contributed by atoms with van der Waals surface area (Å²) in [5.74, 6) is 1.11. The van der Waals surface area contributed by atoms with Crippen molar-refractivity contribution in [1.82, 2.24) is 25.1 Å². The summed E-state index contributed by atoms with van der Waals surface area (Å²) >= 11 is 0. The van der Waals surface area contributed by atoms with E-state index >= 15 is 0 Å². The van der Waals surface area contributed by atoms with Crippen molar-refractivity contribution >= 4 is 5.91 Å². The highest BCUT2D eigenvalue weighted by molar-refractivity contribution is 5.94. The van der Waals surface area contributed by atoms with Crippen LogP contribution in [0.3, 0.4) is 0 Å². The van der Waals surface area contributed by atoms with Crippen LogP contribution < -0.4 is 5.32 Å². The Balaban J connectivity index is 1.64. The van der Waals surface area contributed by atoms with Gasteiger partial charge < -0.3 is 9.73 Å². The number of hydrogen-bond acceptors (Lipinski definition) is 5. The third kappa shape index (κ3) is 2.81. The van der Waals surface area contributed by atoms with E-state index in [-0.39, 0.29) is 5.91 Å². The molecule has 0 saturated heterocycles. The van der Waals surface area contributed by atoms with Crippen LogP contribution >= 0.6 is 0 Å². The predicted octanol–water partition coefficient (Wildman–Crippen LogP) is 1.49. The second-order valence-electron chi connectivity index (χ2n) is 4.44. The fourth-order valence-corrected chi connectivity index (χ4v) is 1.88. The van der Waals surface area contributed by atoms with Crippen molar-refractivity contribution in [3.05, 3.63) is 60.2 Å². The molecule has 1 N–H and O–H groups in total. The Bertz CT molecular complexity index is 731. The molecule has 0 fully saturated rings. The minimum absolute atomic E-state index is 0.165. The normalized spacial score (nSPS) is 10.5. The van der Waals surface area contributed by atoms with Crippen LogP contribution in [0.5, 0.6) is 0 Å². The third-order valence-electron chi connectivity index (χ3n) is 3.02. The first kappa shape index (κ1) is 13.0. The van der Waals surface area contributed by atoms with E-state index in [1.165, 1.54) is 12.6 Å². The van der Waals surface area contributed by atoms with Crippen molar-refractivity contribution in [2.24, 2.45) is 0 Å². The van der Waals surface area contributed by atoms with E-state index in [0.717, 1.165) is 5.56 Å². The van der Waals surface area contributed by atoms with Crippen molar-refractivity contribution in [3.8, 4) is 5.82 Å². The molecule has 0 atom stereocenters. The maximum atomic E-state index is 11.9. The van der Waals surface area contributed by atoms with Crippen LogP contribution in [0.4, 0.5) is 0 Å². The number of amides is 1. The molecule has 3 aromatic heterocycles. The Morgan fingerprint density at radius 2 is 2.29 bits per heavy atom. The summed E-state index contributed by atoms with van der Waals surface area (Å²) in [6.07, 6.45) is 6.22. The molecule has 0 unspecified atom stereocenters. The van der Waals surface area contributed by atoms with Gasteiger partial charge >= 0.3 is 0 Å². The third-order valence-corrected chi connectivity index (χ3v) is 3.02. The van der Waals surface area contributed by atoms with E-state index < -0.39 is 0 Å². The minimum Gasteiger partial charge on any atom is -0.469 e. The van der Waals surface area contributed by atoms with Crippen LogP contribution in [0.15, 0.2) is 47.7 Å². The van der Waals surface area contributed by atoms with Gasteiger partial charge in [0.15, 0.2) is 5.82 Å². The summed E-state index contributed by atoms with van der Waals surface area (Å²) < 4.78 is 6.67. The summed E-state index contributed by atoms with van der Waals surface area (Å²) in [4.78, 5) is 20.1. The van der Waals surface area contributed by atoms with Crippen LogP contribution in [-0.2, 0) is 6.54 Å². The Kier molecular flexibility index (Phi) is 3.46. The highest BCUT2D eigenvalue weighted by atomic mass is 16.3. The predicted molar refractivity (Wildman–Crippen MR) is 73.8 cm³/mol. The van der Waals surface area contributed by atoms with Crippen LogP contribution in [0.25, 0.3) is 5.82 Å². The number of aromatic nitrogens is 4. The van der Waals surface area contributed by atoms with Crippen molar-refractivity contribution in [1.29, 1.82) is 0 Å². The van der Waals surface area contributed by atoms with Gasteiger partial charge in [-0.3, -0.25) is 4.79 Å². The highest BCUT2D eigenvalue weighted by Crippen LogP contribution is 2.09. The average Bonchev–Trinajstić information content (AvgIpc) is 3.16. The van der Waals surface area contributed by atoms with Gasteiger partial charge in [-0.2, -0.15) is 5.10 Å². The van der Waals surface area contributed by atoms with Gasteiger partial charge in [0, 0.05) is 12.7 Å². The number of nitrogens with zero attached hydrogens (tertiary/aromatic N) is 4. The van der Waals surface area contributed by atoms with Crippen LogP contribution in [0.1, 0.15) is 21.7 Å². The Morgan fingerprint density at radius 3 is 2.90 bits per heavy atom. The van der Waals surface area contributed by atoms with Gasteiger partial charge in [-0.05, 0) is 24.6 Å². The Labute approximate surface area is 120 Å². The van der Waals surface area contributed by atoms with Crippen LogP contribution in [0, 0.1) is 6.92 Å². The molecule has 0 aliphatic carbocycles. The van der Waals surface area contributed by atoms with Gasteiger partial charge in [0.2, 0.25) is 0 Å².